The lowest BCUT2D eigenvalue weighted by Gasteiger charge is -2.28. The highest BCUT2D eigenvalue weighted by Crippen LogP contribution is 2.23. The van der Waals surface area contributed by atoms with Crippen LogP contribution in [0.25, 0.3) is 0 Å². The number of rotatable bonds is 3. The second-order valence-electron chi connectivity index (χ2n) is 5.86. The highest BCUT2D eigenvalue weighted by atomic mass is 16.5. The molecule has 0 saturated carbocycles. The summed E-state index contributed by atoms with van der Waals surface area (Å²) in [5.41, 5.74) is 3.58. The van der Waals surface area contributed by atoms with Gasteiger partial charge in [-0.25, -0.2) is 0 Å². The molecule has 124 valence electrons. The quantitative estimate of drug-likeness (QED) is 0.944. The van der Waals surface area contributed by atoms with Crippen molar-refractivity contribution >= 4 is 17.5 Å². The second-order valence-corrected chi connectivity index (χ2v) is 5.86. The number of carbonyl (C=O) groups excluding carboxylic acids is 2. The Morgan fingerprint density at radius 1 is 1.12 bits per heavy atom. The van der Waals surface area contributed by atoms with E-state index >= 15 is 0 Å². The van der Waals surface area contributed by atoms with Gasteiger partial charge in [-0.05, 0) is 47.9 Å². The van der Waals surface area contributed by atoms with E-state index in [9.17, 15) is 9.59 Å². The summed E-state index contributed by atoms with van der Waals surface area (Å²) in [5, 5.41) is 2.91. The van der Waals surface area contributed by atoms with Gasteiger partial charge in [-0.2, -0.15) is 0 Å². The van der Waals surface area contributed by atoms with Crippen LogP contribution in [0.4, 0.5) is 5.69 Å². The van der Waals surface area contributed by atoms with Gasteiger partial charge in [-0.1, -0.05) is 12.1 Å². The lowest BCUT2D eigenvalue weighted by Crippen LogP contribution is -2.34. The Bertz CT molecular complexity index is 786. The van der Waals surface area contributed by atoms with E-state index in [1.807, 2.05) is 23.1 Å². The van der Waals surface area contributed by atoms with Crippen LogP contribution in [0, 0.1) is 0 Å². The van der Waals surface area contributed by atoms with Crippen molar-refractivity contribution < 1.29 is 14.3 Å². The van der Waals surface area contributed by atoms with Crippen LogP contribution >= 0.6 is 0 Å². The van der Waals surface area contributed by atoms with Crippen LogP contribution in [-0.2, 0) is 17.8 Å². The molecule has 1 N–H and O–H groups in total. The Kier molecular flexibility index (Phi) is 4.51. The SMILES string of the molecule is COc1cccc(C(=O)Nc2ccc3c(c2)CN(C(C)=O)CC3)c1. The monoisotopic (exact) mass is 324 g/mol. The molecule has 2 amide bonds. The summed E-state index contributed by atoms with van der Waals surface area (Å²) in [5.74, 6) is 0.532. The van der Waals surface area contributed by atoms with Crippen molar-refractivity contribution in [1.82, 2.24) is 4.90 Å². The second kappa shape index (κ2) is 6.74. The molecular weight excluding hydrogens is 304 g/mol. The van der Waals surface area contributed by atoms with Gasteiger partial charge in [0, 0.05) is 31.3 Å². The third-order valence-corrected chi connectivity index (χ3v) is 4.25. The number of methoxy groups -OCH3 is 1. The number of anilines is 1. The zero-order chi connectivity index (χ0) is 17.1. The van der Waals surface area contributed by atoms with Crippen molar-refractivity contribution in [2.24, 2.45) is 0 Å². The van der Waals surface area contributed by atoms with Crippen LogP contribution in [0.2, 0.25) is 0 Å². The molecule has 0 unspecified atom stereocenters. The summed E-state index contributed by atoms with van der Waals surface area (Å²) in [6.07, 6.45) is 0.846. The van der Waals surface area contributed by atoms with Crippen molar-refractivity contribution in [3.8, 4) is 5.75 Å². The van der Waals surface area contributed by atoms with E-state index < -0.39 is 0 Å². The number of ether oxygens (including phenoxy) is 1. The van der Waals surface area contributed by atoms with Crippen molar-refractivity contribution in [3.05, 3.63) is 59.2 Å². The standard InChI is InChI=1S/C19H20N2O3/c1-13(22)21-9-8-14-6-7-17(10-16(14)12-21)20-19(23)15-4-3-5-18(11-15)24-2/h3-7,10-11H,8-9,12H2,1-2H3,(H,20,23). The Morgan fingerprint density at radius 3 is 2.71 bits per heavy atom. The maximum absolute atomic E-state index is 12.4. The number of carbonyl (C=O) groups is 2. The Balaban J connectivity index is 1.77. The molecule has 24 heavy (non-hydrogen) atoms. The van der Waals surface area contributed by atoms with Gasteiger partial charge < -0.3 is 15.0 Å². The first kappa shape index (κ1) is 16.1. The summed E-state index contributed by atoms with van der Waals surface area (Å²) >= 11 is 0. The zero-order valence-electron chi connectivity index (χ0n) is 13.8. The molecule has 5 heteroatoms. The molecule has 1 aliphatic heterocycles. The molecule has 0 aliphatic carbocycles. The van der Waals surface area contributed by atoms with E-state index in [-0.39, 0.29) is 11.8 Å². The molecule has 0 spiro atoms. The number of nitrogens with zero attached hydrogens (tertiary/aromatic N) is 1. The average molecular weight is 324 g/mol. The third kappa shape index (κ3) is 3.40. The molecule has 1 aliphatic rings. The van der Waals surface area contributed by atoms with Crippen LogP contribution in [-0.4, -0.2) is 30.4 Å². The summed E-state index contributed by atoms with van der Waals surface area (Å²) in [6, 6.07) is 12.9. The van der Waals surface area contributed by atoms with Gasteiger partial charge in [-0.15, -0.1) is 0 Å². The van der Waals surface area contributed by atoms with E-state index in [1.165, 1.54) is 5.56 Å². The van der Waals surface area contributed by atoms with Gasteiger partial charge in [0.05, 0.1) is 7.11 Å². The molecule has 0 saturated heterocycles. The fourth-order valence-corrected chi connectivity index (χ4v) is 2.87. The Hall–Kier alpha value is -2.82. The van der Waals surface area contributed by atoms with E-state index in [2.05, 4.69) is 5.32 Å². The minimum atomic E-state index is -0.187. The minimum Gasteiger partial charge on any atom is -0.497 e. The van der Waals surface area contributed by atoms with Gasteiger partial charge in [0.15, 0.2) is 0 Å². The molecule has 2 aromatic rings. The Labute approximate surface area is 141 Å². The van der Waals surface area contributed by atoms with Crippen molar-refractivity contribution in [2.45, 2.75) is 19.9 Å². The fraction of sp³-hybridized carbons (Fsp3) is 0.263. The topological polar surface area (TPSA) is 58.6 Å². The molecule has 0 radical (unpaired) electrons. The highest BCUT2D eigenvalue weighted by molar-refractivity contribution is 6.04. The summed E-state index contributed by atoms with van der Waals surface area (Å²) in [4.78, 5) is 25.8. The van der Waals surface area contributed by atoms with Crippen LogP contribution in [0.1, 0.15) is 28.4 Å². The molecule has 0 atom stereocenters. The first-order chi connectivity index (χ1) is 11.6. The molecule has 2 aromatic carbocycles. The number of nitrogens with one attached hydrogen (secondary N) is 1. The third-order valence-electron chi connectivity index (χ3n) is 4.25. The van der Waals surface area contributed by atoms with Gasteiger partial charge in [0.1, 0.15) is 5.75 Å². The van der Waals surface area contributed by atoms with Gasteiger partial charge >= 0.3 is 0 Å². The molecular formula is C19H20N2O3. The number of hydrogen-bond donors (Lipinski definition) is 1. The maximum atomic E-state index is 12.4. The summed E-state index contributed by atoms with van der Waals surface area (Å²) < 4.78 is 5.15. The van der Waals surface area contributed by atoms with Gasteiger partial charge in [0.2, 0.25) is 5.91 Å². The molecule has 0 fully saturated rings. The van der Waals surface area contributed by atoms with Gasteiger partial charge in [-0.3, -0.25) is 9.59 Å². The maximum Gasteiger partial charge on any atom is 0.255 e. The lowest BCUT2D eigenvalue weighted by atomic mass is 9.99. The van der Waals surface area contributed by atoms with Crippen LogP contribution < -0.4 is 10.1 Å². The smallest absolute Gasteiger partial charge is 0.255 e. The Morgan fingerprint density at radius 2 is 1.96 bits per heavy atom. The highest BCUT2D eigenvalue weighted by Gasteiger charge is 2.18. The fourth-order valence-electron chi connectivity index (χ4n) is 2.87. The normalized spacial score (nSPS) is 13.2. The van der Waals surface area contributed by atoms with Crippen LogP contribution in [0.5, 0.6) is 5.75 Å². The molecule has 5 nitrogen and oxygen atoms in total. The largest absolute Gasteiger partial charge is 0.497 e. The van der Waals surface area contributed by atoms with E-state index in [4.69, 9.17) is 4.74 Å². The molecule has 1 heterocycles. The number of benzene rings is 2. The summed E-state index contributed by atoms with van der Waals surface area (Å²) in [6.45, 7) is 2.92. The lowest BCUT2D eigenvalue weighted by molar-refractivity contribution is -0.129. The predicted molar refractivity (Wildman–Crippen MR) is 92.2 cm³/mol. The molecule has 0 aromatic heterocycles. The van der Waals surface area contributed by atoms with Crippen molar-refractivity contribution in [1.29, 1.82) is 0 Å². The van der Waals surface area contributed by atoms with E-state index in [0.29, 0.717) is 17.9 Å². The van der Waals surface area contributed by atoms with E-state index in [0.717, 1.165) is 24.2 Å². The van der Waals surface area contributed by atoms with E-state index in [1.54, 1.807) is 38.3 Å². The van der Waals surface area contributed by atoms with Crippen molar-refractivity contribution in [3.63, 3.8) is 0 Å². The minimum absolute atomic E-state index is 0.0754. The number of hydrogen-bond acceptors (Lipinski definition) is 3. The zero-order valence-corrected chi connectivity index (χ0v) is 13.8. The number of amides is 2. The van der Waals surface area contributed by atoms with Crippen LogP contribution in [0.3, 0.4) is 0 Å². The first-order valence-corrected chi connectivity index (χ1v) is 7.89. The molecule has 3 rings (SSSR count). The first-order valence-electron chi connectivity index (χ1n) is 7.89. The number of fused-ring (bicyclic) bond motifs is 1. The predicted octanol–water partition coefficient (Wildman–Crippen LogP) is 2.85. The van der Waals surface area contributed by atoms with Crippen LogP contribution in [0.15, 0.2) is 42.5 Å². The van der Waals surface area contributed by atoms with Crippen molar-refractivity contribution in [2.75, 3.05) is 19.0 Å². The summed E-state index contributed by atoms with van der Waals surface area (Å²) in [7, 11) is 1.57. The average Bonchev–Trinajstić information content (AvgIpc) is 2.61. The van der Waals surface area contributed by atoms with Gasteiger partial charge in [0.25, 0.3) is 5.91 Å². The molecule has 0 bridgehead atoms.